The van der Waals surface area contributed by atoms with Crippen LogP contribution in [0.4, 0.5) is 0 Å². The summed E-state index contributed by atoms with van der Waals surface area (Å²) in [7, 11) is 0. The number of nitrogens with one attached hydrogen (secondary N) is 1. The topological polar surface area (TPSA) is 49.4 Å². The van der Waals surface area contributed by atoms with Crippen molar-refractivity contribution in [1.29, 1.82) is 0 Å². The molecule has 2 amide bonds. The number of amides is 2. The molecular formula is C21H24Cl2N2O2. The van der Waals surface area contributed by atoms with Crippen LogP contribution in [0.2, 0.25) is 10.0 Å². The number of carbonyl (C=O) groups is 2. The van der Waals surface area contributed by atoms with Crippen molar-refractivity contribution in [3.05, 3.63) is 69.7 Å². The van der Waals surface area contributed by atoms with Crippen molar-refractivity contribution < 1.29 is 9.59 Å². The summed E-state index contributed by atoms with van der Waals surface area (Å²) in [5.41, 5.74) is 1.65. The lowest BCUT2D eigenvalue weighted by Crippen LogP contribution is -2.48. The maximum atomic E-state index is 13.0. The third kappa shape index (κ3) is 6.26. The number of carbonyl (C=O) groups excluding carboxylic acids is 2. The van der Waals surface area contributed by atoms with E-state index in [1.165, 1.54) is 0 Å². The van der Waals surface area contributed by atoms with Gasteiger partial charge in [0.05, 0.1) is 6.42 Å². The Hall–Kier alpha value is -2.04. The van der Waals surface area contributed by atoms with E-state index in [9.17, 15) is 9.59 Å². The molecule has 0 fully saturated rings. The molecule has 1 atom stereocenters. The zero-order valence-corrected chi connectivity index (χ0v) is 17.1. The van der Waals surface area contributed by atoms with E-state index in [0.717, 1.165) is 17.5 Å². The van der Waals surface area contributed by atoms with Crippen LogP contribution in [-0.2, 0) is 22.6 Å². The van der Waals surface area contributed by atoms with E-state index in [-0.39, 0.29) is 24.8 Å². The lowest BCUT2D eigenvalue weighted by Gasteiger charge is -2.29. The Balaban J connectivity index is 2.21. The van der Waals surface area contributed by atoms with Gasteiger partial charge in [0.15, 0.2) is 0 Å². The molecule has 1 N–H and O–H groups in total. The van der Waals surface area contributed by atoms with Crippen molar-refractivity contribution >= 4 is 35.0 Å². The van der Waals surface area contributed by atoms with Gasteiger partial charge in [-0.3, -0.25) is 9.59 Å². The minimum Gasteiger partial charge on any atom is -0.354 e. The minimum absolute atomic E-state index is 0.142. The molecule has 0 aliphatic rings. The van der Waals surface area contributed by atoms with Gasteiger partial charge in [0, 0.05) is 23.1 Å². The summed E-state index contributed by atoms with van der Waals surface area (Å²) in [6, 6.07) is 13.9. The predicted molar refractivity (Wildman–Crippen MR) is 110 cm³/mol. The second-order valence-corrected chi connectivity index (χ2v) is 7.23. The molecule has 0 bridgehead atoms. The zero-order valence-electron chi connectivity index (χ0n) is 15.5. The highest BCUT2D eigenvalue weighted by Gasteiger charge is 2.26. The van der Waals surface area contributed by atoms with Gasteiger partial charge >= 0.3 is 0 Å². The standard InChI is InChI=1S/C21H24Cl2N2O2/c1-3-12-24-21(27)15(2)25(14-17-6-4-5-7-19(17)23)20(26)13-16-8-10-18(22)11-9-16/h4-11,15H,3,12-14H2,1-2H3,(H,24,27)/t15-/m0/s1. The molecule has 0 aliphatic heterocycles. The van der Waals surface area contributed by atoms with Gasteiger partial charge in [0.1, 0.15) is 6.04 Å². The quantitative estimate of drug-likeness (QED) is 0.702. The Morgan fingerprint density at radius 1 is 1.07 bits per heavy atom. The normalized spacial score (nSPS) is 11.7. The summed E-state index contributed by atoms with van der Waals surface area (Å²) in [5.74, 6) is -0.315. The molecule has 2 aromatic carbocycles. The SMILES string of the molecule is CCCNC(=O)[C@H](C)N(Cc1ccccc1Cl)C(=O)Cc1ccc(Cl)cc1. The molecule has 2 aromatic rings. The molecule has 0 unspecified atom stereocenters. The van der Waals surface area contributed by atoms with E-state index >= 15 is 0 Å². The predicted octanol–water partition coefficient (Wildman–Crippen LogP) is 4.48. The monoisotopic (exact) mass is 406 g/mol. The first kappa shape index (κ1) is 21.3. The van der Waals surface area contributed by atoms with Crippen LogP contribution in [0.15, 0.2) is 48.5 Å². The van der Waals surface area contributed by atoms with E-state index in [4.69, 9.17) is 23.2 Å². The smallest absolute Gasteiger partial charge is 0.242 e. The number of benzene rings is 2. The van der Waals surface area contributed by atoms with E-state index in [2.05, 4.69) is 5.32 Å². The fourth-order valence-corrected chi connectivity index (χ4v) is 2.99. The first-order valence-electron chi connectivity index (χ1n) is 8.97. The molecule has 144 valence electrons. The van der Waals surface area contributed by atoms with Crippen LogP contribution in [-0.4, -0.2) is 29.3 Å². The summed E-state index contributed by atoms with van der Waals surface area (Å²) in [6.45, 7) is 4.57. The highest BCUT2D eigenvalue weighted by molar-refractivity contribution is 6.31. The van der Waals surface area contributed by atoms with Gasteiger partial charge in [-0.25, -0.2) is 0 Å². The summed E-state index contributed by atoms with van der Waals surface area (Å²) >= 11 is 12.2. The first-order chi connectivity index (χ1) is 12.9. The Kier molecular flexibility index (Phi) is 8.14. The van der Waals surface area contributed by atoms with Crippen molar-refractivity contribution in [2.75, 3.05) is 6.54 Å². The van der Waals surface area contributed by atoms with Crippen molar-refractivity contribution in [2.24, 2.45) is 0 Å². The molecule has 0 heterocycles. The molecule has 2 rings (SSSR count). The molecule has 0 saturated heterocycles. The molecule has 0 aliphatic carbocycles. The average molecular weight is 407 g/mol. The third-order valence-electron chi connectivity index (χ3n) is 4.28. The molecule has 0 saturated carbocycles. The lowest BCUT2D eigenvalue weighted by molar-refractivity contribution is -0.140. The van der Waals surface area contributed by atoms with E-state index in [1.54, 1.807) is 30.0 Å². The molecule has 0 spiro atoms. The van der Waals surface area contributed by atoms with Crippen molar-refractivity contribution in [3.63, 3.8) is 0 Å². The number of nitrogens with zero attached hydrogens (tertiary/aromatic N) is 1. The number of rotatable bonds is 8. The van der Waals surface area contributed by atoms with Crippen molar-refractivity contribution in [1.82, 2.24) is 10.2 Å². The van der Waals surface area contributed by atoms with Crippen molar-refractivity contribution in [2.45, 2.75) is 39.3 Å². The summed E-state index contributed by atoms with van der Waals surface area (Å²) in [5, 5.41) is 4.05. The van der Waals surface area contributed by atoms with Crippen LogP contribution in [0, 0.1) is 0 Å². The number of hydrogen-bond acceptors (Lipinski definition) is 2. The highest BCUT2D eigenvalue weighted by atomic mass is 35.5. The highest BCUT2D eigenvalue weighted by Crippen LogP contribution is 2.20. The van der Waals surface area contributed by atoms with Crippen molar-refractivity contribution in [3.8, 4) is 0 Å². The van der Waals surface area contributed by atoms with Gasteiger partial charge in [-0.2, -0.15) is 0 Å². The Morgan fingerprint density at radius 2 is 1.74 bits per heavy atom. The molecule has 27 heavy (non-hydrogen) atoms. The summed E-state index contributed by atoms with van der Waals surface area (Å²) in [6.07, 6.45) is 1.02. The van der Waals surface area contributed by atoms with Crippen LogP contribution in [0.1, 0.15) is 31.4 Å². The van der Waals surface area contributed by atoms with E-state index in [1.807, 2.05) is 37.3 Å². The number of halogens is 2. The third-order valence-corrected chi connectivity index (χ3v) is 4.90. The maximum absolute atomic E-state index is 13.0. The van der Waals surface area contributed by atoms with Crippen LogP contribution < -0.4 is 5.32 Å². The van der Waals surface area contributed by atoms with E-state index < -0.39 is 6.04 Å². The second-order valence-electron chi connectivity index (χ2n) is 6.38. The maximum Gasteiger partial charge on any atom is 0.242 e. The summed E-state index contributed by atoms with van der Waals surface area (Å²) in [4.78, 5) is 27.0. The van der Waals surface area contributed by atoms with Crippen LogP contribution in [0.25, 0.3) is 0 Å². The lowest BCUT2D eigenvalue weighted by atomic mass is 10.1. The number of hydrogen-bond donors (Lipinski definition) is 1. The van der Waals surface area contributed by atoms with E-state index in [0.29, 0.717) is 16.6 Å². The van der Waals surface area contributed by atoms with Gasteiger partial charge in [-0.1, -0.05) is 60.5 Å². The van der Waals surface area contributed by atoms with Crippen LogP contribution >= 0.6 is 23.2 Å². The minimum atomic E-state index is -0.604. The fraction of sp³-hybridized carbons (Fsp3) is 0.333. The van der Waals surface area contributed by atoms with Crippen LogP contribution in [0.5, 0.6) is 0 Å². The van der Waals surface area contributed by atoms with Gasteiger partial charge in [0.2, 0.25) is 11.8 Å². The zero-order chi connectivity index (χ0) is 19.8. The Bertz CT molecular complexity index is 778. The fourth-order valence-electron chi connectivity index (χ4n) is 2.67. The van der Waals surface area contributed by atoms with Crippen LogP contribution in [0.3, 0.4) is 0 Å². The molecule has 6 heteroatoms. The van der Waals surface area contributed by atoms with Gasteiger partial charge in [0.25, 0.3) is 0 Å². The molecular weight excluding hydrogens is 383 g/mol. The van der Waals surface area contributed by atoms with Gasteiger partial charge < -0.3 is 10.2 Å². The summed E-state index contributed by atoms with van der Waals surface area (Å²) < 4.78 is 0. The molecule has 4 nitrogen and oxygen atoms in total. The Morgan fingerprint density at radius 3 is 2.37 bits per heavy atom. The Labute approximate surface area is 170 Å². The first-order valence-corrected chi connectivity index (χ1v) is 9.73. The second kappa shape index (κ2) is 10.3. The average Bonchev–Trinajstić information content (AvgIpc) is 2.66. The molecule has 0 aromatic heterocycles. The van der Waals surface area contributed by atoms with Gasteiger partial charge in [-0.15, -0.1) is 0 Å². The van der Waals surface area contributed by atoms with Gasteiger partial charge in [-0.05, 0) is 42.7 Å². The largest absolute Gasteiger partial charge is 0.354 e. The molecule has 0 radical (unpaired) electrons.